The highest BCUT2D eigenvalue weighted by Gasteiger charge is 2.11. The maximum absolute atomic E-state index is 12.8. The van der Waals surface area contributed by atoms with Crippen LogP contribution in [0.25, 0.3) is 0 Å². The van der Waals surface area contributed by atoms with Crippen LogP contribution in [0.2, 0.25) is 0 Å². The van der Waals surface area contributed by atoms with E-state index in [0.717, 1.165) is 18.0 Å². The van der Waals surface area contributed by atoms with E-state index < -0.39 is 0 Å². The molecule has 1 aliphatic carbocycles. The molecule has 92 valence electrons. The van der Waals surface area contributed by atoms with Crippen LogP contribution in [0.5, 0.6) is 0 Å². The number of allylic oxidation sites excluding steroid dienone is 2. The molecule has 0 bridgehead atoms. The van der Waals surface area contributed by atoms with Gasteiger partial charge < -0.3 is 5.32 Å². The molecule has 1 aromatic rings. The summed E-state index contributed by atoms with van der Waals surface area (Å²) in [6.07, 6.45) is 8.21. The minimum absolute atomic E-state index is 0.168. The van der Waals surface area contributed by atoms with Crippen LogP contribution in [0, 0.1) is 11.7 Å². The van der Waals surface area contributed by atoms with E-state index in [4.69, 9.17) is 0 Å². The van der Waals surface area contributed by atoms with Gasteiger partial charge in [0.1, 0.15) is 5.82 Å². The fourth-order valence-electron chi connectivity index (χ4n) is 2.25. The van der Waals surface area contributed by atoms with Crippen molar-refractivity contribution in [3.63, 3.8) is 0 Å². The second-order valence-electron chi connectivity index (χ2n) is 4.83. The normalized spacial score (nSPS) is 21.4. The second kappa shape index (κ2) is 5.97. The molecule has 1 unspecified atom stereocenters. The molecular weight excluding hydrogens is 213 g/mol. The lowest BCUT2D eigenvalue weighted by Gasteiger charge is -2.21. The molecular formula is C15H20FN. The molecule has 0 aromatic heterocycles. The molecule has 1 aliphatic rings. The third-order valence-corrected chi connectivity index (χ3v) is 3.46. The molecule has 2 rings (SSSR count). The number of hydrogen-bond acceptors (Lipinski definition) is 1. The Hall–Kier alpha value is -1.15. The Kier molecular flexibility index (Phi) is 4.32. The Morgan fingerprint density at radius 2 is 2.06 bits per heavy atom. The molecule has 0 amide bonds. The summed E-state index contributed by atoms with van der Waals surface area (Å²) >= 11 is 0. The highest BCUT2D eigenvalue weighted by molar-refractivity contribution is 5.19. The SMILES string of the molecule is C[C@@H](NCC1CC=CCC1)c1ccc(F)cc1. The minimum atomic E-state index is -0.168. The van der Waals surface area contributed by atoms with E-state index in [9.17, 15) is 4.39 Å². The first kappa shape index (κ1) is 12.3. The molecule has 0 saturated heterocycles. The van der Waals surface area contributed by atoms with Crippen LogP contribution in [0.3, 0.4) is 0 Å². The number of benzene rings is 1. The van der Waals surface area contributed by atoms with Gasteiger partial charge in [-0.25, -0.2) is 4.39 Å². The van der Waals surface area contributed by atoms with E-state index in [0.29, 0.717) is 6.04 Å². The molecule has 2 heteroatoms. The topological polar surface area (TPSA) is 12.0 Å². The third kappa shape index (κ3) is 3.67. The van der Waals surface area contributed by atoms with Gasteiger partial charge in [-0.3, -0.25) is 0 Å². The van der Waals surface area contributed by atoms with Crippen molar-refractivity contribution in [2.45, 2.75) is 32.2 Å². The maximum atomic E-state index is 12.8. The molecule has 1 nitrogen and oxygen atoms in total. The van der Waals surface area contributed by atoms with Gasteiger partial charge in [0.25, 0.3) is 0 Å². The first-order valence-electron chi connectivity index (χ1n) is 6.39. The van der Waals surface area contributed by atoms with E-state index >= 15 is 0 Å². The molecule has 2 atom stereocenters. The van der Waals surface area contributed by atoms with Crippen LogP contribution < -0.4 is 5.32 Å². The zero-order valence-electron chi connectivity index (χ0n) is 10.3. The van der Waals surface area contributed by atoms with Crippen molar-refractivity contribution in [2.75, 3.05) is 6.54 Å². The average Bonchev–Trinajstić information content (AvgIpc) is 2.38. The molecule has 0 radical (unpaired) electrons. The highest BCUT2D eigenvalue weighted by atomic mass is 19.1. The van der Waals surface area contributed by atoms with E-state index in [1.54, 1.807) is 0 Å². The lowest BCUT2D eigenvalue weighted by molar-refractivity contribution is 0.415. The maximum Gasteiger partial charge on any atom is 0.123 e. The van der Waals surface area contributed by atoms with Crippen molar-refractivity contribution in [1.82, 2.24) is 5.32 Å². The first-order chi connectivity index (χ1) is 8.25. The van der Waals surface area contributed by atoms with Gasteiger partial charge in [0.2, 0.25) is 0 Å². The van der Waals surface area contributed by atoms with Gasteiger partial charge in [0, 0.05) is 6.04 Å². The summed E-state index contributed by atoms with van der Waals surface area (Å²) in [6.45, 7) is 3.18. The zero-order chi connectivity index (χ0) is 12.1. The molecule has 0 fully saturated rings. The lowest BCUT2D eigenvalue weighted by Crippen LogP contribution is -2.26. The third-order valence-electron chi connectivity index (χ3n) is 3.46. The Bertz CT molecular complexity index is 369. The van der Waals surface area contributed by atoms with Crippen molar-refractivity contribution in [1.29, 1.82) is 0 Å². The molecule has 0 spiro atoms. The Balaban J connectivity index is 1.82. The molecule has 1 N–H and O–H groups in total. The lowest BCUT2D eigenvalue weighted by atomic mass is 9.94. The van der Waals surface area contributed by atoms with Gasteiger partial charge in [0.15, 0.2) is 0 Å². The fourth-order valence-corrected chi connectivity index (χ4v) is 2.25. The second-order valence-corrected chi connectivity index (χ2v) is 4.83. The van der Waals surface area contributed by atoms with Gasteiger partial charge in [-0.15, -0.1) is 0 Å². The largest absolute Gasteiger partial charge is 0.310 e. The zero-order valence-corrected chi connectivity index (χ0v) is 10.3. The van der Waals surface area contributed by atoms with E-state index in [2.05, 4.69) is 24.4 Å². The summed E-state index contributed by atoms with van der Waals surface area (Å²) in [6, 6.07) is 7.05. The summed E-state index contributed by atoms with van der Waals surface area (Å²) < 4.78 is 12.8. The molecule has 1 aromatic carbocycles. The van der Waals surface area contributed by atoms with Gasteiger partial charge in [0.05, 0.1) is 0 Å². The number of hydrogen-bond donors (Lipinski definition) is 1. The van der Waals surface area contributed by atoms with Gasteiger partial charge >= 0.3 is 0 Å². The first-order valence-corrected chi connectivity index (χ1v) is 6.39. The molecule has 17 heavy (non-hydrogen) atoms. The van der Waals surface area contributed by atoms with Crippen LogP contribution in [-0.2, 0) is 0 Å². The van der Waals surface area contributed by atoms with E-state index in [1.807, 2.05) is 12.1 Å². The van der Waals surface area contributed by atoms with Gasteiger partial charge in [-0.1, -0.05) is 24.3 Å². The number of halogens is 1. The Morgan fingerprint density at radius 3 is 2.71 bits per heavy atom. The quantitative estimate of drug-likeness (QED) is 0.779. The van der Waals surface area contributed by atoms with Crippen LogP contribution in [-0.4, -0.2) is 6.54 Å². The van der Waals surface area contributed by atoms with E-state index in [-0.39, 0.29) is 5.82 Å². The standard InChI is InChI=1S/C15H20FN/c1-12(14-7-9-15(16)10-8-14)17-11-13-5-3-2-4-6-13/h2-3,7-10,12-13,17H,4-6,11H2,1H3/t12-,13?/m1/s1. The fraction of sp³-hybridized carbons (Fsp3) is 0.467. The van der Waals surface area contributed by atoms with Crippen molar-refractivity contribution < 1.29 is 4.39 Å². The summed E-state index contributed by atoms with van der Waals surface area (Å²) in [7, 11) is 0. The van der Waals surface area contributed by atoms with Crippen LogP contribution in [0.4, 0.5) is 4.39 Å². The molecule has 0 aliphatic heterocycles. The Labute approximate surface area is 103 Å². The highest BCUT2D eigenvalue weighted by Crippen LogP contribution is 2.19. The molecule has 0 saturated carbocycles. The van der Waals surface area contributed by atoms with Gasteiger partial charge in [-0.05, 0) is 56.3 Å². The molecule has 0 heterocycles. The van der Waals surface area contributed by atoms with Gasteiger partial charge in [-0.2, -0.15) is 0 Å². The minimum Gasteiger partial charge on any atom is -0.310 e. The summed E-state index contributed by atoms with van der Waals surface area (Å²) in [4.78, 5) is 0. The van der Waals surface area contributed by atoms with Crippen molar-refractivity contribution in [2.24, 2.45) is 5.92 Å². The van der Waals surface area contributed by atoms with Crippen LogP contribution >= 0.6 is 0 Å². The summed E-state index contributed by atoms with van der Waals surface area (Å²) in [5, 5.41) is 3.53. The predicted octanol–water partition coefficient (Wildman–Crippen LogP) is 3.83. The van der Waals surface area contributed by atoms with E-state index in [1.165, 1.54) is 31.4 Å². The van der Waals surface area contributed by atoms with Crippen molar-refractivity contribution in [3.8, 4) is 0 Å². The number of nitrogens with one attached hydrogen (secondary N) is 1. The summed E-state index contributed by atoms with van der Waals surface area (Å²) in [5.74, 6) is 0.585. The number of rotatable bonds is 4. The van der Waals surface area contributed by atoms with Crippen molar-refractivity contribution in [3.05, 3.63) is 47.8 Å². The van der Waals surface area contributed by atoms with Crippen LogP contribution in [0.1, 0.15) is 37.8 Å². The summed E-state index contributed by atoms with van der Waals surface area (Å²) in [5.41, 5.74) is 1.15. The van der Waals surface area contributed by atoms with Crippen molar-refractivity contribution >= 4 is 0 Å². The van der Waals surface area contributed by atoms with Crippen LogP contribution in [0.15, 0.2) is 36.4 Å². The average molecular weight is 233 g/mol. The Morgan fingerprint density at radius 1 is 1.29 bits per heavy atom. The monoisotopic (exact) mass is 233 g/mol. The predicted molar refractivity (Wildman–Crippen MR) is 69.3 cm³/mol. The smallest absolute Gasteiger partial charge is 0.123 e.